The molecule has 5 heteroatoms. The standard InChI is InChI=1S/C19H24ClN3O/c20-15-4-5-16-17(12-15)21-8-6-18(16)23-11-7-19(24,14-23)13-22-9-2-1-3-10-22/h4-6,8,12,24H,1-3,7,9-11,13-14H2. The number of aromatic nitrogens is 1. The molecule has 1 aromatic heterocycles. The number of aliphatic hydroxyl groups is 1. The number of pyridine rings is 1. The van der Waals surface area contributed by atoms with E-state index in [4.69, 9.17) is 11.6 Å². The summed E-state index contributed by atoms with van der Waals surface area (Å²) in [6.45, 7) is 4.60. The van der Waals surface area contributed by atoms with Crippen LogP contribution < -0.4 is 4.90 Å². The molecule has 2 aromatic rings. The molecular formula is C19H24ClN3O. The van der Waals surface area contributed by atoms with Crippen molar-refractivity contribution < 1.29 is 5.11 Å². The molecule has 1 unspecified atom stereocenters. The van der Waals surface area contributed by atoms with Crippen molar-refractivity contribution in [3.8, 4) is 0 Å². The average molecular weight is 346 g/mol. The summed E-state index contributed by atoms with van der Waals surface area (Å²) in [4.78, 5) is 9.14. The van der Waals surface area contributed by atoms with E-state index < -0.39 is 5.60 Å². The number of hydrogen-bond acceptors (Lipinski definition) is 4. The zero-order chi connectivity index (χ0) is 16.6. The van der Waals surface area contributed by atoms with Crippen molar-refractivity contribution in [2.24, 2.45) is 0 Å². The Morgan fingerprint density at radius 1 is 1.12 bits per heavy atom. The van der Waals surface area contributed by atoms with Gasteiger partial charge in [0.1, 0.15) is 0 Å². The van der Waals surface area contributed by atoms with Gasteiger partial charge in [-0.15, -0.1) is 0 Å². The van der Waals surface area contributed by atoms with Gasteiger partial charge in [0.25, 0.3) is 0 Å². The third-order valence-electron chi connectivity index (χ3n) is 5.32. The number of nitrogens with zero attached hydrogens (tertiary/aromatic N) is 3. The normalized spacial score (nSPS) is 25.5. The summed E-state index contributed by atoms with van der Waals surface area (Å²) < 4.78 is 0. The maximum absolute atomic E-state index is 11.1. The highest BCUT2D eigenvalue weighted by Gasteiger charge is 2.38. The van der Waals surface area contributed by atoms with Crippen molar-refractivity contribution in [1.82, 2.24) is 9.88 Å². The maximum atomic E-state index is 11.1. The first-order valence-electron chi connectivity index (χ1n) is 8.87. The summed E-state index contributed by atoms with van der Waals surface area (Å²) in [5.74, 6) is 0. The van der Waals surface area contributed by atoms with Gasteiger partial charge in [-0.3, -0.25) is 4.98 Å². The fourth-order valence-electron chi connectivity index (χ4n) is 4.11. The Bertz CT molecular complexity index is 732. The number of halogens is 1. The Kier molecular flexibility index (Phi) is 4.37. The molecule has 4 rings (SSSR count). The number of fused-ring (bicyclic) bond motifs is 1. The summed E-state index contributed by atoms with van der Waals surface area (Å²) >= 11 is 6.09. The average Bonchev–Trinajstić information content (AvgIpc) is 2.96. The molecule has 2 aliphatic heterocycles. The van der Waals surface area contributed by atoms with E-state index in [1.165, 1.54) is 19.3 Å². The third kappa shape index (κ3) is 3.23. The van der Waals surface area contributed by atoms with Crippen molar-refractivity contribution >= 4 is 28.2 Å². The lowest BCUT2D eigenvalue weighted by molar-refractivity contribution is 0.0170. The molecular weight excluding hydrogens is 322 g/mol. The van der Waals surface area contributed by atoms with Gasteiger partial charge in [-0.1, -0.05) is 18.0 Å². The van der Waals surface area contributed by atoms with Crippen molar-refractivity contribution in [3.05, 3.63) is 35.5 Å². The lowest BCUT2D eigenvalue weighted by atomic mass is 10.0. The van der Waals surface area contributed by atoms with E-state index in [1.54, 1.807) is 0 Å². The molecule has 1 atom stereocenters. The number of anilines is 1. The van der Waals surface area contributed by atoms with Gasteiger partial charge in [0, 0.05) is 41.9 Å². The van der Waals surface area contributed by atoms with Crippen LogP contribution in [0.2, 0.25) is 5.02 Å². The SMILES string of the molecule is OC1(CN2CCCCC2)CCN(c2ccnc3cc(Cl)ccc23)C1. The van der Waals surface area contributed by atoms with Gasteiger partial charge in [-0.2, -0.15) is 0 Å². The summed E-state index contributed by atoms with van der Waals surface area (Å²) in [5.41, 5.74) is 1.44. The first-order valence-corrected chi connectivity index (χ1v) is 9.25. The first-order chi connectivity index (χ1) is 11.6. The van der Waals surface area contributed by atoms with Crippen molar-refractivity contribution in [2.75, 3.05) is 37.6 Å². The molecule has 2 aliphatic rings. The van der Waals surface area contributed by atoms with E-state index >= 15 is 0 Å². The number of likely N-dealkylation sites (tertiary alicyclic amines) is 1. The Balaban J connectivity index is 1.54. The van der Waals surface area contributed by atoms with Gasteiger partial charge >= 0.3 is 0 Å². The second-order valence-corrected chi connectivity index (χ2v) is 7.66. The summed E-state index contributed by atoms with van der Waals surface area (Å²) in [6.07, 6.45) is 6.49. The van der Waals surface area contributed by atoms with Crippen LogP contribution >= 0.6 is 11.6 Å². The molecule has 3 heterocycles. The topological polar surface area (TPSA) is 39.6 Å². The molecule has 2 saturated heterocycles. The highest BCUT2D eigenvalue weighted by atomic mass is 35.5. The fraction of sp³-hybridized carbons (Fsp3) is 0.526. The molecule has 128 valence electrons. The van der Waals surface area contributed by atoms with Crippen LogP contribution in [-0.2, 0) is 0 Å². The smallest absolute Gasteiger partial charge is 0.0964 e. The number of β-amino-alcohol motifs (C(OH)–C–C–N with tert-alkyl or cyclic N) is 1. The van der Waals surface area contributed by atoms with Crippen LogP contribution in [0.15, 0.2) is 30.5 Å². The molecule has 0 saturated carbocycles. The molecule has 2 fully saturated rings. The molecule has 0 bridgehead atoms. The molecule has 1 aromatic carbocycles. The van der Waals surface area contributed by atoms with Gasteiger partial charge in [-0.05, 0) is 56.6 Å². The van der Waals surface area contributed by atoms with Gasteiger partial charge in [0.2, 0.25) is 0 Å². The monoisotopic (exact) mass is 345 g/mol. The van der Waals surface area contributed by atoms with Crippen molar-refractivity contribution in [3.63, 3.8) is 0 Å². The Morgan fingerprint density at radius 2 is 1.96 bits per heavy atom. The van der Waals surface area contributed by atoms with E-state index in [2.05, 4.69) is 14.8 Å². The van der Waals surface area contributed by atoms with Crippen LogP contribution in [-0.4, -0.2) is 53.3 Å². The minimum absolute atomic E-state index is 0.612. The van der Waals surface area contributed by atoms with Gasteiger partial charge in [0.05, 0.1) is 11.1 Å². The molecule has 0 aliphatic carbocycles. The zero-order valence-corrected chi connectivity index (χ0v) is 14.7. The molecule has 0 amide bonds. The highest BCUT2D eigenvalue weighted by molar-refractivity contribution is 6.31. The minimum atomic E-state index is -0.612. The van der Waals surface area contributed by atoms with Crippen LogP contribution in [0.5, 0.6) is 0 Å². The fourth-order valence-corrected chi connectivity index (χ4v) is 4.27. The van der Waals surface area contributed by atoms with Crippen molar-refractivity contribution in [1.29, 1.82) is 0 Å². The number of hydrogen-bond donors (Lipinski definition) is 1. The van der Waals surface area contributed by atoms with E-state index in [0.29, 0.717) is 11.6 Å². The largest absolute Gasteiger partial charge is 0.387 e. The van der Waals surface area contributed by atoms with Crippen molar-refractivity contribution in [2.45, 2.75) is 31.3 Å². The van der Waals surface area contributed by atoms with Crippen LogP contribution in [0.1, 0.15) is 25.7 Å². The van der Waals surface area contributed by atoms with E-state index in [9.17, 15) is 5.11 Å². The second-order valence-electron chi connectivity index (χ2n) is 7.22. The van der Waals surface area contributed by atoms with E-state index in [-0.39, 0.29) is 0 Å². The third-order valence-corrected chi connectivity index (χ3v) is 5.56. The molecule has 24 heavy (non-hydrogen) atoms. The Hall–Kier alpha value is -1.36. The lowest BCUT2D eigenvalue weighted by Gasteiger charge is -2.34. The highest BCUT2D eigenvalue weighted by Crippen LogP contribution is 2.33. The van der Waals surface area contributed by atoms with E-state index in [1.807, 2.05) is 30.5 Å². The maximum Gasteiger partial charge on any atom is 0.0964 e. The van der Waals surface area contributed by atoms with Crippen LogP contribution in [0.3, 0.4) is 0 Å². The molecule has 0 spiro atoms. The Morgan fingerprint density at radius 3 is 2.79 bits per heavy atom. The zero-order valence-electron chi connectivity index (χ0n) is 13.9. The first kappa shape index (κ1) is 16.1. The summed E-state index contributed by atoms with van der Waals surface area (Å²) in [6, 6.07) is 7.88. The summed E-state index contributed by atoms with van der Waals surface area (Å²) in [5, 5.41) is 12.9. The Labute approximate surface area is 148 Å². The van der Waals surface area contributed by atoms with E-state index in [0.717, 1.165) is 49.2 Å². The minimum Gasteiger partial charge on any atom is -0.387 e. The van der Waals surface area contributed by atoms with Gasteiger partial charge in [-0.25, -0.2) is 0 Å². The predicted molar refractivity (Wildman–Crippen MR) is 98.8 cm³/mol. The molecule has 4 nitrogen and oxygen atoms in total. The predicted octanol–water partition coefficient (Wildman–Crippen LogP) is 3.32. The van der Waals surface area contributed by atoms with Crippen LogP contribution in [0.4, 0.5) is 5.69 Å². The number of benzene rings is 1. The number of piperidine rings is 1. The van der Waals surface area contributed by atoms with Crippen LogP contribution in [0, 0.1) is 0 Å². The molecule has 0 radical (unpaired) electrons. The number of rotatable bonds is 3. The van der Waals surface area contributed by atoms with Crippen LogP contribution in [0.25, 0.3) is 10.9 Å². The second kappa shape index (κ2) is 6.51. The quantitative estimate of drug-likeness (QED) is 0.926. The summed E-state index contributed by atoms with van der Waals surface area (Å²) in [7, 11) is 0. The molecule has 1 N–H and O–H groups in total. The lowest BCUT2D eigenvalue weighted by Crippen LogP contribution is -2.46. The van der Waals surface area contributed by atoms with Gasteiger partial charge in [0.15, 0.2) is 0 Å². The van der Waals surface area contributed by atoms with Gasteiger partial charge < -0.3 is 14.9 Å².